The Hall–Kier alpha value is -3.40. The van der Waals surface area contributed by atoms with Gasteiger partial charge in [0.2, 0.25) is 0 Å². The van der Waals surface area contributed by atoms with Crippen LogP contribution in [-0.4, -0.2) is 25.5 Å². The molecule has 0 saturated heterocycles. The molecule has 0 bridgehead atoms. The van der Waals surface area contributed by atoms with Crippen LogP contribution in [0, 0.1) is 0 Å². The Kier molecular flexibility index (Phi) is 20.0. The van der Waals surface area contributed by atoms with Crippen molar-refractivity contribution in [3.05, 3.63) is 95.1 Å². The highest BCUT2D eigenvalue weighted by Crippen LogP contribution is 2.17. The molecule has 0 aliphatic carbocycles. The minimum atomic E-state index is 0.537. The number of ether oxygens (including phenoxy) is 2. The Balaban J connectivity index is 1.26. The molecule has 0 unspecified atom stereocenters. The fraction of sp³-hybridized carbons (Fsp3) is 0.524. The van der Waals surface area contributed by atoms with Crippen LogP contribution in [0.25, 0.3) is 0 Å². The number of benzene rings is 3. The van der Waals surface area contributed by atoms with Crippen LogP contribution in [-0.2, 0) is 13.2 Å². The van der Waals surface area contributed by atoms with Crippen molar-refractivity contribution in [3.63, 3.8) is 0 Å². The maximum Gasteiger partial charge on any atom is 0.119 e. The van der Waals surface area contributed by atoms with Gasteiger partial charge >= 0.3 is 0 Å². The van der Waals surface area contributed by atoms with Crippen LogP contribution in [0.2, 0.25) is 0 Å². The lowest BCUT2D eigenvalue weighted by Crippen LogP contribution is -1.98. The topological polar surface area (TPSA) is 43.2 Å². The second-order valence-corrected chi connectivity index (χ2v) is 12.6. The first-order chi connectivity index (χ1) is 22.8. The fourth-order valence-electron chi connectivity index (χ4n) is 5.38. The molecule has 0 atom stereocenters. The SMILES string of the molecule is CCCCCCCCCCN=Cc1ccc(OCc2ccc(COc3ccc(C=NCCCCCCCCCC)cc3)cc2)cc1. The summed E-state index contributed by atoms with van der Waals surface area (Å²) in [5.74, 6) is 1.74. The minimum absolute atomic E-state index is 0.537. The van der Waals surface area contributed by atoms with Gasteiger partial charge in [0.15, 0.2) is 0 Å². The summed E-state index contributed by atoms with van der Waals surface area (Å²) in [6, 6.07) is 24.8. The molecule has 0 aromatic heterocycles. The zero-order chi connectivity index (χ0) is 32.3. The van der Waals surface area contributed by atoms with Crippen LogP contribution < -0.4 is 9.47 Å². The smallest absolute Gasteiger partial charge is 0.119 e. The van der Waals surface area contributed by atoms with Crippen LogP contribution in [0.1, 0.15) is 139 Å². The largest absolute Gasteiger partial charge is 0.489 e. The van der Waals surface area contributed by atoms with E-state index in [0.29, 0.717) is 13.2 Å². The van der Waals surface area contributed by atoms with Gasteiger partial charge in [0, 0.05) is 25.5 Å². The van der Waals surface area contributed by atoms with Crippen molar-refractivity contribution < 1.29 is 9.47 Å². The van der Waals surface area contributed by atoms with Crippen molar-refractivity contribution in [1.82, 2.24) is 0 Å². The lowest BCUT2D eigenvalue weighted by atomic mass is 10.1. The molecule has 0 heterocycles. The molecule has 0 N–H and O–H groups in total. The van der Waals surface area contributed by atoms with Crippen molar-refractivity contribution in [2.75, 3.05) is 13.1 Å². The van der Waals surface area contributed by atoms with E-state index in [-0.39, 0.29) is 0 Å². The molecule has 250 valence electrons. The van der Waals surface area contributed by atoms with Crippen LogP contribution >= 0.6 is 0 Å². The molecule has 0 aliphatic heterocycles. The van der Waals surface area contributed by atoms with Gasteiger partial charge in [-0.1, -0.05) is 128 Å². The third-order valence-electron chi connectivity index (χ3n) is 8.36. The summed E-state index contributed by atoms with van der Waals surface area (Å²) in [5, 5.41) is 0. The summed E-state index contributed by atoms with van der Waals surface area (Å²) in [6.45, 7) is 7.44. The maximum atomic E-state index is 6.01. The maximum absolute atomic E-state index is 6.01. The Morgan fingerprint density at radius 3 is 1.09 bits per heavy atom. The van der Waals surface area contributed by atoms with Crippen LogP contribution in [0.5, 0.6) is 11.5 Å². The monoisotopic (exact) mass is 624 g/mol. The van der Waals surface area contributed by atoms with Gasteiger partial charge in [-0.05, 0) is 83.6 Å². The quantitative estimate of drug-likeness (QED) is 0.0659. The zero-order valence-corrected chi connectivity index (χ0v) is 28.9. The van der Waals surface area contributed by atoms with Crippen LogP contribution in [0.15, 0.2) is 82.8 Å². The molecule has 4 nitrogen and oxygen atoms in total. The number of rotatable bonds is 26. The third kappa shape index (κ3) is 17.3. The van der Waals surface area contributed by atoms with E-state index in [9.17, 15) is 0 Å². The van der Waals surface area contributed by atoms with E-state index in [1.165, 1.54) is 103 Å². The fourth-order valence-corrected chi connectivity index (χ4v) is 5.38. The summed E-state index contributed by atoms with van der Waals surface area (Å²) in [7, 11) is 0. The highest BCUT2D eigenvalue weighted by atomic mass is 16.5. The van der Waals surface area contributed by atoms with Gasteiger partial charge in [-0.25, -0.2) is 0 Å². The highest BCUT2D eigenvalue weighted by Gasteiger charge is 2.01. The lowest BCUT2D eigenvalue weighted by molar-refractivity contribution is 0.302. The molecule has 0 amide bonds. The second-order valence-electron chi connectivity index (χ2n) is 12.6. The lowest BCUT2D eigenvalue weighted by Gasteiger charge is -2.09. The molecule has 0 fully saturated rings. The van der Waals surface area contributed by atoms with Crippen molar-refractivity contribution in [1.29, 1.82) is 0 Å². The predicted molar refractivity (Wildman–Crippen MR) is 198 cm³/mol. The summed E-state index contributed by atoms with van der Waals surface area (Å²) >= 11 is 0. The standard InChI is InChI=1S/C42H60N2O2/c1-3-5-7-9-11-13-15-17-31-43-33-37-23-27-41(28-24-37)45-35-39-19-21-40(22-20-39)36-46-42-29-25-38(26-30-42)34-44-32-18-16-14-12-10-8-6-4-2/h19-30,33-34H,3-18,31-32,35-36H2,1-2H3. The first kappa shape index (κ1) is 37.1. The molecule has 0 aliphatic rings. The van der Waals surface area contributed by atoms with Gasteiger partial charge in [0.1, 0.15) is 24.7 Å². The Bertz CT molecular complexity index is 1100. The molecular formula is C42H60N2O2. The van der Waals surface area contributed by atoms with Crippen molar-refractivity contribution >= 4 is 12.4 Å². The van der Waals surface area contributed by atoms with Crippen molar-refractivity contribution in [2.45, 2.75) is 130 Å². The minimum Gasteiger partial charge on any atom is -0.489 e. The normalized spacial score (nSPS) is 11.5. The van der Waals surface area contributed by atoms with E-state index in [1.807, 2.05) is 36.7 Å². The Morgan fingerprint density at radius 2 is 0.739 bits per heavy atom. The third-order valence-corrected chi connectivity index (χ3v) is 8.36. The molecular weight excluding hydrogens is 564 g/mol. The molecule has 4 heteroatoms. The van der Waals surface area contributed by atoms with Gasteiger partial charge in [-0.2, -0.15) is 0 Å². The van der Waals surface area contributed by atoms with Gasteiger partial charge in [-0.15, -0.1) is 0 Å². The molecule has 0 radical (unpaired) electrons. The van der Waals surface area contributed by atoms with Crippen molar-refractivity contribution in [2.24, 2.45) is 9.98 Å². The number of aliphatic imine (C=N–C) groups is 2. The molecule has 46 heavy (non-hydrogen) atoms. The molecule has 3 aromatic carbocycles. The van der Waals surface area contributed by atoms with E-state index in [1.54, 1.807) is 0 Å². The van der Waals surface area contributed by atoms with E-state index in [2.05, 4.69) is 72.4 Å². The number of nitrogens with zero attached hydrogens (tertiary/aromatic N) is 2. The summed E-state index contributed by atoms with van der Waals surface area (Å²) in [6.07, 6.45) is 25.3. The van der Waals surface area contributed by atoms with E-state index >= 15 is 0 Å². The summed E-state index contributed by atoms with van der Waals surface area (Å²) < 4.78 is 12.0. The molecule has 3 rings (SSSR count). The molecule has 0 saturated carbocycles. The Labute approximate surface area is 280 Å². The number of hydrogen-bond donors (Lipinski definition) is 0. The van der Waals surface area contributed by atoms with Gasteiger partial charge in [0.05, 0.1) is 0 Å². The van der Waals surface area contributed by atoms with Crippen LogP contribution in [0.4, 0.5) is 0 Å². The zero-order valence-electron chi connectivity index (χ0n) is 28.9. The van der Waals surface area contributed by atoms with Crippen molar-refractivity contribution in [3.8, 4) is 11.5 Å². The molecule has 0 spiro atoms. The van der Waals surface area contributed by atoms with E-state index in [4.69, 9.17) is 9.47 Å². The molecule has 3 aromatic rings. The predicted octanol–water partition coefficient (Wildman–Crippen LogP) is 12.0. The van der Waals surface area contributed by atoms with Gasteiger partial charge in [0.25, 0.3) is 0 Å². The van der Waals surface area contributed by atoms with E-state index < -0.39 is 0 Å². The second kappa shape index (κ2) is 24.8. The number of unbranched alkanes of at least 4 members (excludes halogenated alkanes) is 14. The number of hydrogen-bond acceptors (Lipinski definition) is 4. The van der Waals surface area contributed by atoms with Gasteiger partial charge < -0.3 is 9.47 Å². The van der Waals surface area contributed by atoms with Gasteiger partial charge in [-0.3, -0.25) is 9.98 Å². The summed E-state index contributed by atoms with van der Waals surface area (Å²) in [5.41, 5.74) is 4.51. The Morgan fingerprint density at radius 1 is 0.413 bits per heavy atom. The van der Waals surface area contributed by atoms with Crippen LogP contribution in [0.3, 0.4) is 0 Å². The first-order valence-corrected chi connectivity index (χ1v) is 18.3. The average Bonchev–Trinajstić information content (AvgIpc) is 3.09. The summed E-state index contributed by atoms with van der Waals surface area (Å²) in [4.78, 5) is 9.21. The average molecular weight is 625 g/mol. The first-order valence-electron chi connectivity index (χ1n) is 18.3. The highest BCUT2D eigenvalue weighted by molar-refractivity contribution is 5.80. The van der Waals surface area contributed by atoms with E-state index in [0.717, 1.165) is 46.8 Å².